The van der Waals surface area contributed by atoms with E-state index in [-0.39, 0.29) is 11.3 Å². The maximum Gasteiger partial charge on any atom is 0.0711 e. The lowest BCUT2D eigenvalue weighted by molar-refractivity contribution is 0.660. The van der Waals surface area contributed by atoms with E-state index >= 15 is 0 Å². The van der Waals surface area contributed by atoms with Gasteiger partial charge in [-0.25, -0.2) is 0 Å². The predicted molar refractivity (Wildman–Crippen MR) is 236 cm³/mol. The second-order valence-electron chi connectivity index (χ2n) is 16.0. The Morgan fingerprint density at radius 3 is 1.85 bits per heavy atom. The lowest BCUT2D eigenvalue weighted by Gasteiger charge is -2.24. The lowest BCUT2D eigenvalue weighted by atomic mass is 9.81. The minimum absolute atomic E-state index is 0.0573. The maximum absolute atomic E-state index is 5.70. The highest BCUT2D eigenvalue weighted by atomic mass is 14.8. The van der Waals surface area contributed by atoms with Gasteiger partial charge in [-0.2, -0.15) is 0 Å². The first-order chi connectivity index (χ1) is 26.9. The molecular weight excluding hydrogens is 663 g/mol. The van der Waals surface area contributed by atoms with Crippen molar-refractivity contribution < 1.29 is 0 Å². The van der Waals surface area contributed by atoms with Crippen LogP contribution in [0.5, 0.6) is 0 Å². The molecule has 1 aliphatic carbocycles. The topological polar surface area (TPSA) is 12.4 Å². The smallest absolute Gasteiger partial charge is 0.0711 e. The summed E-state index contributed by atoms with van der Waals surface area (Å²) in [5, 5.41) is 7.64. The monoisotopic (exact) mass is 705 g/mol. The Balaban J connectivity index is 1.22. The van der Waals surface area contributed by atoms with E-state index < -0.39 is 0 Å². The summed E-state index contributed by atoms with van der Waals surface area (Å²) in [4.78, 5) is 5.70. The molecule has 0 spiro atoms. The Morgan fingerprint density at radius 1 is 0.491 bits per heavy atom. The van der Waals surface area contributed by atoms with Crippen LogP contribution in [0, 0.1) is 5.92 Å². The highest BCUT2D eigenvalue weighted by Gasteiger charge is 2.35. The number of benzene rings is 8. The van der Waals surface area contributed by atoms with Crippen LogP contribution in [0.4, 0.5) is 0 Å². The molecule has 0 bridgehead atoms. The van der Waals surface area contributed by atoms with Gasteiger partial charge in [0.1, 0.15) is 0 Å². The van der Waals surface area contributed by atoms with Crippen LogP contribution in [0.1, 0.15) is 61.9 Å². The first kappa shape index (κ1) is 33.3. The van der Waals surface area contributed by atoms with Crippen LogP contribution in [-0.4, -0.2) is 5.71 Å². The molecule has 1 atom stereocenters. The molecule has 0 radical (unpaired) electrons. The molecule has 10 rings (SSSR count). The van der Waals surface area contributed by atoms with Gasteiger partial charge in [-0.15, -0.1) is 0 Å². The molecule has 0 aromatic heterocycles. The Hall–Kier alpha value is -6.31. The number of allylic oxidation sites excluding steroid dienone is 3. The van der Waals surface area contributed by atoms with Crippen molar-refractivity contribution in [1.82, 2.24) is 0 Å². The third-order valence-corrected chi connectivity index (χ3v) is 12.3. The van der Waals surface area contributed by atoms with Gasteiger partial charge >= 0.3 is 0 Å². The van der Waals surface area contributed by atoms with Crippen molar-refractivity contribution in [2.45, 2.75) is 39.5 Å². The molecule has 0 saturated carbocycles. The number of rotatable bonds is 4. The number of aliphatic imine (C=N–C) groups is 1. The zero-order valence-corrected chi connectivity index (χ0v) is 31.9. The minimum Gasteiger partial charge on any atom is -0.252 e. The van der Waals surface area contributed by atoms with E-state index in [1.54, 1.807) is 0 Å². The molecule has 55 heavy (non-hydrogen) atoms. The number of nitrogens with zero attached hydrogens (tertiary/aromatic N) is 1. The quantitative estimate of drug-likeness (QED) is 0.162. The lowest BCUT2D eigenvalue weighted by Crippen LogP contribution is -2.16. The van der Waals surface area contributed by atoms with Crippen molar-refractivity contribution in [3.05, 3.63) is 203 Å². The fraction of sp³-hybridized carbons (Fsp3) is 0.130. The molecule has 0 unspecified atom stereocenters. The van der Waals surface area contributed by atoms with Crippen LogP contribution in [0.15, 0.2) is 180 Å². The number of hydrogen-bond acceptors (Lipinski definition) is 1. The van der Waals surface area contributed by atoms with Gasteiger partial charge in [0.25, 0.3) is 0 Å². The Bertz CT molecular complexity index is 2920. The standard InChI is InChI=1S/C54H43N/c1-34-30-35(2)53(55-51(37-18-9-6-10-19-37)33-47(34)36-16-7-5-8-17-36)46-24-15-23-45-41-21-12-11-20-40(41)42-28-26-38(31-48(42)52(45)46)39-27-29-44-43-22-13-14-25-49(43)54(3,4)50(44)32-39/h5-29,31-33,35H,30H2,1-4H3/b47-34+,51-33-,55-53?/t35-/m1/s1. The van der Waals surface area contributed by atoms with Crippen molar-refractivity contribution in [1.29, 1.82) is 0 Å². The van der Waals surface area contributed by atoms with Gasteiger partial charge in [0.05, 0.1) is 11.4 Å². The molecule has 0 N–H and O–H groups in total. The number of fused-ring (bicyclic) bond motifs is 9. The van der Waals surface area contributed by atoms with E-state index in [0.717, 1.165) is 23.4 Å². The van der Waals surface area contributed by atoms with Crippen LogP contribution in [0.3, 0.4) is 0 Å². The summed E-state index contributed by atoms with van der Waals surface area (Å²) in [6.07, 6.45) is 3.23. The highest BCUT2D eigenvalue weighted by Crippen LogP contribution is 2.50. The van der Waals surface area contributed by atoms with E-state index in [2.05, 4.69) is 198 Å². The van der Waals surface area contributed by atoms with E-state index in [1.807, 2.05) is 0 Å². The minimum atomic E-state index is -0.0573. The summed E-state index contributed by atoms with van der Waals surface area (Å²) in [5.74, 6) is 0.182. The van der Waals surface area contributed by atoms with Gasteiger partial charge < -0.3 is 0 Å². The zero-order chi connectivity index (χ0) is 37.3. The molecule has 8 aromatic rings. The van der Waals surface area contributed by atoms with Gasteiger partial charge in [-0.3, -0.25) is 4.99 Å². The van der Waals surface area contributed by atoms with Crippen molar-refractivity contribution >= 4 is 49.3 Å². The van der Waals surface area contributed by atoms with Gasteiger partial charge in [-0.05, 0) is 108 Å². The Morgan fingerprint density at radius 2 is 1.07 bits per heavy atom. The van der Waals surface area contributed by atoms with Crippen molar-refractivity contribution in [2.24, 2.45) is 10.9 Å². The number of hydrogen-bond donors (Lipinski definition) is 0. The molecule has 1 heterocycles. The molecule has 0 amide bonds. The fourth-order valence-electron chi connectivity index (χ4n) is 9.51. The summed E-state index contributed by atoms with van der Waals surface area (Å²) in [6.45, 7) is 9.39. The van der Waals surface area contributed by atoms with E-state index in [0.29, 0.717) is 0 Å². The second kappa shape index (κ2) is 12.9. The molecule has 1 aliphatic heterocycles. The van der Waals surface area contributed by atoms with Crippen LogP contribution >= 0.6 is 0 Å². The molecule has 0 saturated heterocycles. The van der Waals surface area contributed by atoms with Gasteiger partial charge in [0.15, 0.2) is 0 Å². The molecule has 2 aliphatic rings. The van der Waals surface area contributed by atoms with E-state index in [1.165, 1.54) is 88.0 Å². The zero-order valence-electron chi connectivity index (χ0n) is 31.9. The molecule has 264 valence electrons. The van der Waals surface area contributed by atoms with Crippen LogP contribution in [0.2, 0.25) is 0 Å². The third-order valence-electron chi connectivity index (χ3n) is 12.3. The van der Waals surface area contributed by atoms with E-state index in [9.17, 15) is 0 Å². The second-order valence-corrected chi connectivity index (χ2v) is 16.0. The van der Waals surface area contributed by atoms with Gasteiger partial charge in [0.2, 0.25) is 0 Å². The largest absolute Gasteiger partial charge is 0.252 e. The fourth-order valence-corrected chi connectivity index (χ4v) is 9.51. The van der Waals surface area contributed by atoms with Crippen molar-refractivity contribution in [2.75, 3.05) is 0 Å². The maximum atomic E-state index is 5.70. The van der Waals surface area contributed by atoms with Crippen molar-refractivity contribution in [3.63, 3.8) is 0 Å². The average Bonchev–Trinajstić information content (AvgIpc) is 3.46. The van der Waals surface area contributed by atoms with Crippen LogP contribution < -0.4 is 0 Å². The Kier molecular flexibility index (Phi) is 7.82. The van der Waals surface area contributed by atoms with Gasteiger partial charge in [0, 0.05) is 22.5 Å². The average molecular weight is 706 g/mol. The highest BCUT2D eigenvalue weighted by molar-refractivity contribution is 6.31. The predicted octanol–water partition coefficient (Wildman–Crippen LogP) is 14.5. The molecular formula is C54H43N. The summed E-state index contributed by atoms with van der Waals surface area (Å²) in [5.41, 5.74) is 16.2. The first-order valence-electron chi connectivity index (χ1n) is 19.6. The summed E-state index contributed by atoms with van der Waals surface area (Å²) >= 11 is 0. The molecule has 1 nitrogen and oxygen atoms in total. The summed E-state index contributed by atoms with van der Waals surface area (Å²) in [6, 6.07) is 60.4. The first-order valence-corrected chi connectivity index (χ1v) is 19.6. The molecule has 0 fully saturated rings. The summed E-state index contributed by atoms with van der Waals surface area (Å²) in [7, 11) is 0. The molecule has 8 aromatic carbocycles. The van der Waals surface area contributed by atoms with Crippen LogP contribution in [-0.2, 0) is 5.41 Å². The van der Waals surface area contributed by atoms with Gasteiger partial charge in [-0.1, -0.05) is 178 Å². The van der Waals surface area contributed by atoms with E-state index in [4.69, 9.17) is 4.99 Å². The SMILES string of the molecule is C/C1=C(c2ccccc2)/C=C(/c2ccccc2)N=C(c2cccc3c4ccccc4c4ccc(-c5ccc6c(c5)C(C)(C)c5ccccc5-6)cc4c23)[C@H](C)C1. The summed E-state index contributed by atoms with van der Waals surface area (Å²) < 4.78 is 0. The molecule has 1 heteroatoms. The van der Waals surface area contributed by atoms with Crippen molar-refractivity contribution in [3.8, 4) is 22.3 Å². The Labute approximate surface area is 324 Å². The normalized spacial score (nSPS) is 18.7. The third kappa shape index (κ3) is 5.41. The van der Waals surface area contributed by atoms with Crippen LogP contribution in [0.25, 0.3) is 65.8 Å².